The Morgan fingerprint density at radius 2 is 1.90 bits per heavy atom. The summed E-state index contributed by atoms with van der Waals surface area (Å²) in [7, 11) is 0. The lowest BCUT2D eigenvalue weighted by atomic mass is 10.2. The number of hydrogen-bond acceptors (Lipinski definition) is 6. The molecule has 0 fully saturated rings. The second-order valence-corrected chi connectivity index (χ2v) is 8.94. The van der Waals surface area contributed by atoms with E-state index in [-0.39, 0.29) is 11.2 Å². The van der Waals surface area contributed by atoms with Gasteiger partial charge in [0.1, 0.15) is 21.9 Å². The first-order chi connectivity index (χ1) is 14.6. The highest BCUT2D eigenvalue weighted by Gasteiger charge is 2.18. The fourth-order valence-corrected chi connectivity index (χ4v) is 4.90. The van der Waals surface area contributed by atoms with Crippen LogP contribution in [0.25, 0.3) is 20.7 Å². The normalized spacial score (nSPS) is 11.9. The molecule has 0 aliphatic rings. The van der Waals surface area contributed by atoms with Crippen molar-refractivity contribution in [1.29, 1.82) is 0 Å². The fraction of sp³-hybridized carbons (Fsp3) is 0.174. The summed E-state index contributed by atoms with van der Waals surface area (Å²) in [6, 6.07) is 19.7. The minimum atomic E-state index is -0.310. The van der Waals surface area contributed by atoms with Crippen molar-refractivity contribution in [3.63, 3.8) is 0 Å². The maximum atomic E-state index is 12.7. The summed E-state index contributed by atoms with van der Waals surface area (Å²) in [4.78, 5) is 23.6. The number of ether oxygens (including phenoxy) is 1. The summed E-state index contributed by atoms with van der Waals surface area (Å²) < 4.78 is 5.44. The fourth-order valence-electron chi connectivity index (χ4n) is 2.94. The van der Waals surface area contributed by atoms with Gasteiger partial charge in [0.25, 0.3) is 0 Å². The molecule has 1 N–H and O–H groups in total. The molecule has 0 unspecified atom stereocenters. The molecule has 0 aliphatic heterocycles. The van der Waals surface area contributed by atoms with Gasteiger partial charge in [-0.1, -0.05) is 42.1 Å². The van der Waals surface area contributed by atoms with Crippen LogP contribution in [-0.4, -0.2) is 27.7 Å². The number of thiophene rings is 1. The molecule has 1 amide bonds. The molecule has 4 aromatic rings. The van der Waals surface area contributed by atoms with E-state index in [2.05, 4.69) is 33.5 Å². The van der Waals surface area contributed by atoms with Crippen LogP contribution in [0.3, 0.4) is 0 Å². The van der Waals surface area contributed by atoms with Crippen molar-refractivity contribution in [3.8, 4) is 16.2 Å². The van der Waals surface area contributed by atoms with E-state index in [1.165, 1.54) is 11.8 Å². The molecule has 2 aromatic heterocycles. The largest absolute Gasteiger partial charge is 0.494 e. The van der Waals surface area contributed by atoms with Crippen molar-refractivity contribution in [3.05, 3.63) is 67.0 Å². The van der Waals surface area contributed by atoms with Crippen LogP contribution >= 0.6 is 23.1 Å². The van der Waals surface area contributed by atoms with Crippen molar-refractivity contribution in [2.45, 2.75) is 24.1 Å². The average molecular weight is 436 g/mol. The van der Waals surface area contributed by atoms with Crippen LogP contribution < -0.4 is 10.1 Å². The Balaban J connectivity index is 1.49. The number of hydrogen-bond donors (Lipinski definition) is 1. The SMILES string of the molecule is CCOc1ccc(NC(=O)[C@@H](C)Sc2ncnc3sc(-c4ccccc4)cc23)cc1. The van der Waals surface area contributed by atoms with E-state index in [1.54, 1.807) is 17.7 Å². The highest BCUT2D eigenvalue weighted by molar-refractivity contribution is 8.00. The number of benzene rings is 2. The van der Waals surface area contributed by atoms with E-state index < -0.39 is 0 Å². The van der Waals surface area contributed by atoms with Crippen molar-refractivity contribution < 1.29 is 9.53 Å². The van der Waals surface area contributed by atoms with Crippen LogP contribution in [-0.2, 0) is 4.79 Å². The standard InChI is InChI=1S/C23H21N3O2S2/c1-3-28-18-11-9-17(10-12-18)26-21(27)15(2)29-22-19-13-20(16-7-5-4-6-8-16)30-23(19)25-14-24-22/h4-15H,3H2,1-2H3,(H,26,27)/t15-/m1/s1. The van der Waals surface area contributed by atoms with Gasteiger partial charge in [0.15, 0.2) is 0 Å². The molecule has 4 rings (SSSR count). The Kier molecular flexibility index (Phi) is 6.30. The molecule has 2 aromatic carbocycles. The number of nitrogens with zero attached hydrogens (tertiary/aromatic N) is 2. The average Bonchev–Trinajstić information content (AvgIpc) is 3.21. The molecular weight excluding hydrogens is 414 g/mol. The Bertz CT molecular complexity index is 1140. The van der Waals surface area contributed by atoms with Gasteiger partial charge in [-0.05, 0) is 49.7 Å². The lowest BCUT2D eigenvalue weighted by Gasteiger charge is -2.12. The quantitative estimate of drug-likeness (QED) is 0.290. The van der Waals surface area contributed by atoms with Crippen LogP contribution in [0.2, 0.25) is 0 Å². The summed E-state index contributed by atoms with van der Waals surface area (Å²) >= 11 is 3.07. The lowest BCUT2D eigenvalue weighted by Crippen LogP contribution is -2.22. The Hall–Kier alpha value is -2.90. The first kappa shape index (κ1) is 20.4. The second kappa shape index (κ2) is 9.28. The maximum absolute atomic E-state index is 12.7. The number of aromatic nitrogens is 2. The monoisotopic (exact) mass is 435 g/mol. The number of thioether (sulfide) groups is 1. The Morgan fingerprint density at radius 1 is 1.13 bits per heavy atom. The Labute approximate surface area is 183 Å². The molecule has 0 radical (unpaired) electrons. The third-order valence-corrected chi connectivity index (χ3v) is 6.65. The van der Waals surface area contributed by atoms with E-state index in [1.807, 2.05) is 56.3 Å². The molecule has 0 saturated heterocycles. The Morgan fingerprint density at radius 3 is 2.63 bits per heavy atom. The van der Waals surface area contributed by atoms with Crippen LogP contribution in [0, 0.1) is 0 Å². The van der Waals surface area contributed by atoms with Crippen LogP contribution in [0.4, 0.5) is 5.69 Å². The molecule has 7 heteroatoms. The minimum absolute atomic E-state index is 0.0746. The van der Waals surface area contributed by atoms with Crippen LogP contribution in [0.15, 0.2) is 72.0 Å². The van der Waals surface area contributed by atoms with Crippen molar-refractivity contribution >= 4 is 44.9 Å². The number of amides is 1. The highest BCUT2D eigenvalue weighted by Crippen LogP contribution is 2.37. The number of anilines is 1. The molecule has 0 spiro atoms. The summed E-state index contributed by atoms with van der Waals surface area (Å²) in [5.74, 6) is 0.711. The second-order valence-electron chi connectivity index (χ2n) is 6.58. The minimum Gasteiger partial charge on any atom is -0.494 e. The van der Waals surface area contributed by atoms with E-state index in [4.69, 9.17) is 4.74 Å². The van der Waals surface area contributed by atoms with Gasteiger partial charge in [0.2, 0.25) is 5.91 Å². The van der Waals surface area contributed by atoms with E-state index in [0.717, 1.165) is 37.1 Å². The van der Waals surface area contributed by atoms with Gasteiger partial charge in [-0.15, -0.1) is 11.3 Å². The molecule has 30 heavy (non-hydrogen) atoms. The highest BCUT2D eigenvalue weighted by atomic mass is 32.2. The smallest absolute Gasteiger partial charge is 0.237 e. The van der Waals surface area contributed by atoms with Gasteiger partial charge in [0.05, 0.1) is 11.9 Å². The summed E-state index contributed by atoms with van der Waals surface area (Å²) in [6.45, 7) is 4.43. The maximum Gasteiger partial charge on any atom is 0.237 e. The predicted octanol–water partition coefficient (Wildman–Crippen LogP) is 5.88. The summed E-state index contributed by atoms with van der Waals surface area (Å²) in [5.41, 5.74) is 1.89. The third kappa shape index (κ3) is 4.63. The number of carbonyl (C=O) groups excluding carboxylic acids is 1. The molecule has 2 heterocycles. The number of carbonyl (C=O) groups is 1. The van der Waals surface area contributed by atoms with Gasteiger partial charge in [0, 0.05) is 16.0 Å². The zero-order valence-electron chi connectivity index (χ0n) is 16.7. The molecule has 1 atom stereocenters. The van der Waals surface area contributed by atoms with Crippen molar-refractivity contribution in [2.24, 2.45) is 0 Å². The zero-order chi connectivity index (χ0) is 20.9. The number of nitrogens with one attached hydrogen (secondary N) is 1. The molecular formula is C23H21N3O2S2. The van der Waals surface area contributed by atoms with Crippen molar-refractivity contribution in [1.82, 2.24) is 9.97 Å². The van der Waals surface area contributed by atoms with E-state index >= 15 is 0 Å². The molecule has 0 aliphatic carbocycles. The van der Waals surface area contributed by atoms with Gasteiger partial charge < -0.3 is 10.1 Å². The van der Waals surface area contributed by atoms with Crippen LogP contribution in [0.5, 0.6) is 5.75 Å². The lowest BCUT2D eigenvalue weighted by molar-refractivity contribution is -0.115. The summed E-state index contributed by atoms with van der Waals surface area (Å²) in [5, 5.41) is 4.44. The molecule has 0 saturated carbocycles. The van der Waals surface area contributed by atoms with Crippen molar-refractivity contribution in [2.75, 3.05) is 11.9 Å². The number of rotatable bonds is 7. The van der Waals surface area contributed by atoms with Gasteiger partial charge in [-0.25, -0.2) is 9.97 Å². The van der Waals surface area contributed by atoms with Gasteiger partial charge in [-0.2, -0.15) is 0 Å². The molecule has 0 bridgehead atoms. The first-order valence-electron chi connectivity index (χ1n) is 9.64. The third-order valence-electron chi connectivity index (χ3n) is 4.44. The molecule has 5 nitrogen and oxygen atoms in total. The van der Waals surface area contributed by atoms with Gasteiger partial charge >= 0.3 is 0 Å². The van der Waals surface area contributed by atoms with Gasteiger partial charge in [-0.3, -0.25) is 4.79 Å². The topological polar surface area (TPSA) is 64.1 Å². The van der Waals surface area contributed by atoms with Crippen LogP contribution in [0.1, 0.15) is 13.8 Å². The first-order valence-corrected chi connectivity index (χ1v) is 11.3. The zero-order valence-corrected chi connectivity index (χ0v) is 18.3. The predicted molar refractivity (Wildman–Crippen MR) is 124 cm³/mol. The summed E-state index contributed by atoms with van der Waals surface area (Å²) in [6.07, 6.45) is 1.56. The van der Waals surface area contributed by atoms with E-state index in [0.29, 0.717) is 6.61 Å². The molecule has 152 valence electrons. The van der Waals surface area contributed by atoms with E-state index in [9.17, 15) is 4.79 Å². The number of fused-ring (bicyclic) bond motifs is 1.